The van der Waals surface area contributed by atoms with Crippen LogP contribution in [0.5, 0.6) is 11.5 Å². The zero-order chi connectivity index (χ0) is 15.6. The van der Waals surface area contributed by atoms with E-state index in [2.05, 4.69) is 0 Å². The average molecular weight is 288 g/mol. The van der Waals surface area contributed by atoms with Gasteiger partial charge in [0.25, 0.3) is 0 Å². The maximum Gasteiger partial charge on any atom is 0.248 e. The van der Waals surface area contributed by atoms with Gasteiger partial charge in [0.2, 0.25) is 5.91 Å². The first-order valence-electron chi connectivity index (χ1n) is 6.52. The van der Waals surface area contributed by atoms with Crippen LogP contribution in [0, 0.1) is 12.7 Å². The molecule has 1 atom stereocenters. The lowest BCUT2D eigenvalue weighted by molar-refractivity contribution is 0.100. The molecule has 2 aromatic rings. The molecule has 5 heteroatoms. The maximum absolute atomic E-state index is 13.6. The van der Waals surface area contributed by atoms with E-state index in [0.29, 0.717) is 28.2 Å². The molecule has 0 aliphatic heterocycles. The van der Waals surface area contributed by atoms with E-state index in [4.69, 9.17) is 16.2 Å². The fourth-order valence-corrected chi connectivity index (χ4v) is 1.93. The first-order valence-corrected chi connectivity index (χ1v) is 6.52. The van der Waals surface area contributed by atoms with Crippen LogP contribution in [0.3, 0.4) is 0 Å². The Labute approximate surface area is 122 Å². The molecule has 0 heterocycles. The molecule has 0 radical (unpaired) electrons. The van der Waals surface area contributed by atoms with E-state index in [1.807, 2.05) is 0 Å². The third-order valence-electron chi connectivity index (χ3n) is 3.15. The number of halogens is 1. The molecule has 0 bridgehead atoms. The number of carbonyl (C=O) groups excluding carboxylic acids is 1. The Kier molecular flexibility index (Phi) is 4.23. The van der Waals surface area contributed by atoms with Gasteiger partial charge in [0, 0.05) is 17.2 Å². The van der Waals surface area contributed by atoms with Crippen LogP contribution in [0.4, 0.5) is 4.39 Å². The SMILES string of the molecule is Cc1cc(Oc2ccc(C(N)=O)cc2)c(C(C)N)cc1F. The topological polar surface area (TPSA) is 78.3 Å². The van der Waals surface area contributed by atoms with Gasteiger partial charge in [-0.1, -0.05) is 0 Å². The summed E-state index contributed by atoms with van der Waals surface area (Å²) >= 11 is 0. The minimum Gasteiger partial charge on any atom is -0.457 e. The number of rotatable bonds is 4. The molecule has 0 fully saturated rings. The van der Waals surface area contributed by atoms with Gasteiger partial charge >= 0.3 is 0 Å². The van der Waals surface area contributed by atoms with Crippen molar-refractivity contribution in [3.63, 3.8) is 0 Å². The Balaban J connectivity index is 2.34. The lowest BCUT2D eigenvalue weighted by atomic mass is 10.0. The van der Waals surface area contributed by atoms with E-state index in [1.165, 1.54) is 6.07 Å². The third kappa shape index (κ3) is 3.38. The van der Waals surface area contributed by atoms with Crippen molar-refractivity contribution in [1.29, 1.82) is 0 Å². The molecular weight excluding hydrogens is 271 g/mol. The van der Waals surface area contributed by atoms with Crippen molar-refractivity contribution in [3.8, 4) is 11.5 Å². The second-order valence-electron chi connectivity index (χ2n) is 4.92. The minimum atomic E-state index is -0.504. The Hall–Kier alpha value is -2.40. The molecule has 0 spiro atoms. The zero-order valence-electron chi connectivity index (χ0n) is 11.9. The summed E-state index contributed by atoms with van der Waals surface area (Å²) in [4.78, 5) is 11.0. The van der Waals surface area contributed by atoms with Gasteiger partial charge < -0.3 is 16.2 Å². The van der Waals surface area contributed by atoms with Crippen molar-refractivity contribution in [2.24, 2.45) is 11.5 Å². The van der Waals surface area contributed by atoms with Crippen molar-refractivity contribution in [2.45, 2.75) is 19.9 Å². The Morgan fingerprint density at radius 3 is 2.38 bits per heavy atom. The Morgan fingerprint density at radius 1 is 1.24 bits per heavy atom. The highest BCUT2D eigenvalue weighted by Crippen LogP contribution is 2.31. The number of amides is 1. The summed E-state index contributed by atoms with van der Waals surface area (Å²) in [5.41, 5.74) is 12.5. The summed E-state index contributed by atoms with van der Waals surface area (Å²) < 4.78 is 19.4. The lowest BCUT2D eigenvalue weighted by Crippen LogP contribution is -2.10. The lowest BCUT2D eigenvalue weighted by Gasteiger charge is -2.15. The molecule has 0 aliphatic carbocycles. The molecule has 2 rings (SSSR count). The van der Waals surface area contributed by atoms with E-state index in [-0.39, 0.29) is 11.9 Å². The van der Waals surface area contributed by atoms with E-state index in [1.54, 1.807) is 44.2 Å². The van der Waals surface area contributed by atoms with Crippen LogP contribution in [0.2, 0.25) is 0 Å². The number of ether oxygens (including phenoxy) is 1. The van der Waals surface area contributed by atoms with E-state index < -0.39 is 5.91 Å². The van der Waals surface area contributed by atoms with Gasteiger partial charge in [0.15, 0.2) is 0 Å². The number of hydrogen-bond acceptors (Lipinski definition) is 3. The molecule has 0 aromatic heterocycles. The summed E-state index contributed by atoms with van der Waals surface area (Å²) in [7, 11) is 0. The number of carbonyl (C=O) groups is 1. The van der Waals surface area contributed by atoms with Crippen molar-refractivity contribution in [1.82, 2.24) is 0 Å². The van der Waals surface area contributed by atoms with Gasteiger partial charge in [-0.2, -0.15) is 0 Å². The fourth-order valence-electron chi connectivity index (χ4n) is 1.93. The number of benzene rings is 2. The summed E-state index contributed by atoms with van der Waals surface area (Å²) in [6, 6.07) is 9.02. The van der Waals surface area contributed by atoms with Crippen LogP contribution in [0.1, 0.15) is 34.5 Å². The molecule has 110 valence electrons. The highest BCUT2D eigenvalue weighted by atomic mass is 19.1. The highest BCUT2D eigenvalue weighted by molar-refractivity contribution is 5.92. The quantitative estimate of drug-likeness (QED) is 0.907. The molecule has 0 aliphatic rings. The first-order chi connectivity index (χ1) is 9.88. The molecule has 0 saturated carbocycles. The number of primary amides is 1. The zero-order valence-corrected chi connectivity index (χ0v) is 11.9. The van der Waals surface area contributed by atoms with Crippen LogP contribution in [-0.2, 0) is 0 Å². The number of aryl methyl sites for hydroxylation is 1. The first kappa shape index (κ1) is 15.0. The van der Waals surface area contributed by atoms with Gasteiger partial charge in [0.05, 0.1) is 0 Å². The summed E-state index contributed by atoms with van der Waals surface area (Å²) in [6.45, 7) is 3.41. The minimum absolute atomic E-state index is 0.321. The predicted octanol–water partition coefficient (Wildman–Crippen LogP) is 3.05. The average Bonchev–Trinajstić information content (AvgIpc) is 2.43. The summed E-state index contributed by atoms with van der Waals surface area (Å²) in [5.74, 6) is 0.192. The number of nitrogens with two attached hydrogens (primary N) is 2. The normalized spacial score (nSPS) is 12.0. The van der Waals surface area contributed by atoms with Gasteiger partial charge in [0.1, 0.15) is 17.3 Å². The van der Waals surface area contributed by atoms with Gasteiger partial charge in [-0.15, -0.1) is 0 Å². The molecule has 2 aromatic carbocycles. The van der Waals surface area contributed by atoms with Crippen LogP contribution >= 0.6 is 0 Å². The molecule has 4 N–H and O–H groups in total. The second kappa shape index (κ2) is 5.93. The summed E-state index contributed by atoms with van der Waals surface area (Å²) in [5, 5.41) is 0. The van der Waals surface area contributed by atoms with Crippen LogP contribution in [-0.4, -0.2) is 5.91 Å². The van der Waals surface area contributed by atoms with E-state index in [0.717, 1.165) is 0 Å². The van der Waals surface area contributed by atoms with Crippen molar-refractivity contribution < 1.29 is 13.9 Å². The Morgan fingerprint density at radius 2 is 1.86 bits per heavy atom. The van der Waals surface area contributed by atoms with E-state index in [9.17, 15) is 9.18 Å². The van der Waals surface area contributed by atoms with Crippen LogP contribution in [0.15, 0.2) is 36.4 Å². The maximum atomic E-state index is 13.6. The fraction of sp³-hybridized carbons (Fsp3) is 0.188. The van der Waals surface area contributed by atoms with Crippen LogP contribution in [0.25, 0.3) is 0 Å². The van der Waals surface area contributed by atoms with Crippen LogP contribution < -0.4 is 16.2 Å². The van der Waals surface area contributed by atoms with Gasteiger partial charge in [-0.05, 0) is 55.8 Å². The molecule has 21 heavy (non-hydrogen) atoms. The largest absolute Gasteiger partial charge is 0.457 e. The molecule has 0 saturated heterocycles. The van der Waals surface area contributed by atoms with Crippen molar-refractivity contribution >= 4 is 5.91 Å². The van der Waals surface area contributed by atoms with Gasteiger partial charge in [-0.25, -0.2) is 4.39 Å². The third-order valence-corrected chi connectivity index (χ3v) is 3.15. The molecule has 1 amide bonds. The van der Waals surface area contributed by atoms with Gasteiger partial charge in [-0.3, -0.25) is 4.79 Å². The number of hydrogen-bond donors (Lipinski definition) is 2. The Bertz CT molecular complexity index is 667. The van der Waals surface area contributed by atoms with Crippen molar-refractivity contribution in [2.75, 3.05) is 0 Å². The standard InChI is InChI=1S/C16H17FN2O2/c1-9-7-15(13(10(2)18)8-14(9)17)21-12-5-3-11(4-6-12)16(19)20/h3-8,10H,18H2,1-2H3,(H2,19,20). The summed E-state index contributed by atoms with van der Waals surface area (Å²) in [6.07, 6.45) is 0. The molecule has 1 unspecified atom stereocenters. The monoisotopic (exact) mass is 288 g/mol. The van der Waals surface area contributed by atoms with Crippen molar-refractivity contribution in [3.05, 3.63) is 58.9 Å². The predicted molar refractivity (Wildman–Crippen MR) is 78.8 cm³/mol. The highest BCUT2D eigenvalue weighted by Gasteiger charge is 2.13. The molecular formula is C16H17FN2O2. The second-order valence-corrected chi connectivity index (χ2v) is 4.92. The van der Waals surface area contributed by atoms with E-state index >= 15 is 0 Å². The molecule has 4 nitrogen and oxygen atoms in total. The smallest absolute Gasteiger partial charge is 0.248 e.